The average molecular weight is 269 g/mol. The van der Waals surface area contributed by atoms with Crippen molar-refractivity contribution in [2.45, 2.75) is 6.54 Å². The van der Waals surface area contributed by atoms with E-state index in [0.717, 1.165) is 11.6 Å². The van der Waals surface area contributed by atoms with Crippen LogP contribution in [0.2, 0.25) is 0 Å². The SMILES string of the molecule is N#Cc1ccccc1CNc1ccc(O)cc1[N+](=O)[O-]. The first-order valence-corrected chi connectivity index (χ1v) is 5.81. The fourth-order valence-electron chi connectivity index (χ4n) is 1.79. The summed E-state index contributed by atoms with van der Waals surface area (Å²) >= 11 is 0. The van der Waals surface area contributed by atoms with Gasteiger partial charge in [0.2, 0.25) is 0 Å². The lowest BCUT2D eigenvalue weighted by molar-refractivity contribution is -0.384. The molecule has 2 N–H and O–H groups in total. The first kappa shape index (κ1) is 13.4. The summed E-state index contributed by atoms with van der Waals surface area (Å²) in [7, 11) is 0. The van der Waals surface area contributed by atoms with E-state index in [0.29, 0.717) is 11.3 Å². The summed E-state index contributed by atoms with van der Waals surface area (Å²) in [5, 5.41) is 32.1. The molecule has 0 saturated heterocycles. The fraction of sp³-hybridized carbons (Fsp3) is 0.0714. The van der Waals surface area contributed by atoms with Gasteiger partial charge in [-0.2, -0.15) is 5.26 Å². The number of benzene rings is 2. The molecule has 0 radical (unpaired) electrons. The Hall–Kier alpha value is -3.07. The van der Waals surface area contributed by atoms with Gasteiger partial charge in [0.1, 0.15) is 11.4 Å². The van der Waals surface area contributed by atoms with Gasteiger partial charge in [-0.25, -0.2) is 0 Å². The summed E-state index contributed by atoms with van der Waals surface area (Å²) in [6.45, 7) is 0.287. The molecule has 0 atom stereocenters. The largest absolute Gasteiger partial charge is 0.508 e. The third-order valence-corrected chi connectivity index (χ3v) is 2.79. The molecule has 0 spiro atoms. The van der Waals surface area contributed by atoms with Crippen molar-refractivity contribution in [3.63, 3.8) is 0 Å². The van der Waals surface area contributed by atoms with Crippen LogP contribution in [0.25, 0.3) is 0 Å². The zero-order valence-electron chi connectivity index (χ0n) is 10.4. The van der Waals surface area contributed by atoms with Crippen LogP contribution < -0.4 is 5.32 Å². The van der Waals surface area contributed by atoms with Crippen molar-refractivity contribution in [2.75, 3.05) is 5.32 Å². The Morgan fingerprint density at radius 1 is 1.30 bits per heavy atom. The molecule has 2 aromatic rings. The second-order valence-corrected chi connectivity index (χ2v) is 4.08. The van der Waals surface area contributed by atoms with E-state index in [1.165, 1.54) is 12.1 Å². The predicted molar refractivity (Wildman–Crippen MR) is 73.2 cm³/mol. The zero-order valence-corrected chi connectivity index (χ0v) is 10.4. The summed E-state index contributed by atoms with van der Waals surface area (Å²) in [5.74, 6) is -0.167. The van der Waals surface area contributed by atoms with Gasteiger partial charge < -0.3 is 10.4 Å². The molecule has 0 bridgehead atoms. The van der Waals surface area contributed by atoms with E-state index in [4.69, 9.17) is 5.26 Å². The van der Waals surface area contributed by atoms with Crippen molar-refractivity contribution in [2.24, 2.45) is 0 Å². The number of nitriles is 1. The molecular formula is C14H11N3O3. The number of nitrogens with one attached hydrogen (secondary N) is 1. The van der Waals surface area contributed by atoms with Gasteiger partial charge in [0.15, 0.2) is 0 Å². The molecule has 2 rings (SSSR count). The molecule has 0 aliphatic heterocycles. The maximum absolute atomic E-state index is 10.9. The highest BCUT2D eigenvalue weighted by Gasteiger charge is 2.14. The minimum atomic E-state index is -0.571. The third-order valence-electron chi connectivity index (χ3n) is 2.79. The zero-order chi connectivity index (χ0) is 14.5. The Morgan fingerprint density at radius 3 is 2.75 bits per heavy atom. The molecule has 2 aromatic carbocycles. The number of nitrogens with zero attached hydrogens (tertiary/aromatic N) is 2. The molecule has 6 heteroatoms. The maximum Gasteiger partial charge on any atom is 0.296 e. The van der Waals surface area contributed by atoms with E-state index in [9.17, 15) is 15.2 Å². The minimum Gasteiger partial charge on any atom is -0.508 e. The van der Waals surface area contributed by atoms with Gasteiger partial charge in [-0.05, 0) is 23.8 Å². The number of anilines is 1. The normalized spacial score (nSPS) is 9.75. The Kier molecular flexibility index (Phi) is 3.82. The number of aromatic hydroxyl groups is 1. The second kappa shape index (κ2) is 5.71. The molecular weight excluding hydrogens is 258 g/mol. The minimum absolute atomic E-state index is 0.167. The molecule has 0 aliphatic rings. The summed E-state index contributed by atoms with van der Waals surface area (Å²) in [6, 6.07) is 13.0. The highest BCUT2D eigenvalue weighted by Crippen LogP contribution is 2.28. The summed E-state index contributed by atoms with van der Waals surface area (Å²) in [4.78, 5) is 10.3. The van der Waals surface area contributed by atoms with Crippen molar-refractivity contribution < 1.29 is 10.0 Å². The van der Waals surface area contributed by atoms with Crippen LogP contribution >= 0.6 is 0 Å². The highest BCUT2D eigenvalue weighted by atomic mass is 16.6. The first-order valence-electron chi connectivity index (χ1n) is 5.81. The van der Waals surface area contributed by atoms with E-state index in [2.05, 4.69) is 11.4 Å². The van der Waals surface area contributed by atoms with Crippen molar-refractivity contribution >= 4 is 11.4 Å². The van der Waals surface area contributed by atoms with Crippen LogP contribution in [0, 0.1) is 21.4 Å². The highest BCUT2D eigenvalue weighted by molar-refractivity contribution is 5.64. The van der Waals surface area contributed by atoms with Crippen LogP contribution in [0.3, 0.4) is 0 Å². The summed E-state index contributed by atoms with van der Waals surface area (Å²) in [5.41, 5.74) is 1.35. The second-order valence-electron chi connectivity index (χ2n) is 4.08. The van der Waals surface area contributed by atoms with Gasteiger partial charge >= 0.3 is 0 Å². The number of rotatable bonds is 4. The van der Waals surface area contributed by atoms with E-state index in [-0.39, 0.29) is 18.0 Å². The van der Waals surface area contributed by atoms with Crippen LogP contribution in [-0.4, -0.2) is 10.0 Å². The van der Waals surface area contributed by atoms with Gasteiger partial charge in [0, 0.05) is 6.54 Å². The molecule has 20 heavy (non-hydrogen) atoms. The molecule has 0 unspecified atom stereocenters. The average Bonchev–Trinajstić information content (AvgIpc) is 2.46. The molecule has 0 fully saturated rings. The van der Waals surface area contributed by atoms with E-state index >= 15 is 0 Å². The Morgan fingerprint density at radius 2 is 2.05 bits per heavy atom. The lowest BCUT2D eigenvalue weighted by Crippen LogP contribution is -2.04. The molecule has 0 saturated carbocycles. The molecule has 100 valence electrons. The molecule has 0 aliphatic carbocycles. The fourth-order valence-corrected chi connectivity index (χ4v) is 1.79. The number of hydrogen-bond donors (Lipinski definition) is 2. The van der Waals surface area contributed by atoms with Crippen LogP contribution in [-0.2, 0) is 6.54 Å². The standard InChI is InChI=1S/C14H11N3O3/c15-8-10-3-1-2-4-11(10)9-16-13-6-5-12(18)7-14(13)17(19)20/h1-7,16,18H,9H2. The molecule has 0 aromatic heterocycles. The number of nitro benzene ring substituents is 1. The topological polar surface area (TPSA) is 99.2 Å². The predicted octanol–water partition coefficient (Wildman–Crippen LogP) is 2.78. The van der Waals surface area contributed by atoms with Crippen LogP contribution in [0.1, 0.15) is 11.1 Å². The molecule has 6 nitrogen and oxygen atoms in total. The van der Waals surface area contributed by atoms with E-state index in [1.54, 1.807) is 24.3 Å². The summed E-state index contributed by atoms with van der Waals surface area (Å²) < 4.78 is 0. The van der Waals surface area contributed by atoms with Crippen LogP contribution in [0.15, 0.2) is 42.5 Å². The smallest absolute Gasteiger partial charge is 0.296 e. The van der Waals surface area contributed by atoms with Gasteiger partial charge in [-0.3, -0.25) is 10.1 Å². The van der Waals surface area contributed by atoms with Crippen molar-refractivity contribution in [1.82, 2.24) is 0 Å². The Balaban J connectivity index is 2.24. The number of nitro groups is 1. The number of hydrogen-bond acceptors (Lipinski definition) is 5. The maximum atomic E-state index is 10.9. The molecule has 0 amide bonds. The van der Waals surface area contributed by atoms with Crippen LogP contribution in [0.5, 0.6) is 5.75 Å². The van der Waals surface area contributed by atoms with Crippen molar-refractivity contribution in [3.8, 4) is 11.8 Å². The lowest BCUT2D eigenvalue weighted by Gasteiger charge is -2.08. The van der Waals surface area contributed by atoms with Crippen molar-refractivity contribution in [3.05, 3.63) is 63.7 Å². The quantitative estimate of drug-likeness (QED) is 0.505. The third kappa shape index (κ3) is 2.84. The van der Waals surface area contributed by atoms with Gasteiger partial charge in [0.05, 0.1) is 22.6 Å². The first-order chi connectivity index (χ1) is 9.61. The van der Waals surface area contributed by atoms with Crippen molar-refractivity contribution in [1.29, 1.82) is 5.26 Å². The Bertz CT molecular complexity index is 692. The van der Waals surface area contributed by atoms with Gasteiger partial charge in [-0.1, -0.05) is 18.2 Å². The number of phenolic OH excluding ortho intramolecular Hbond substituents is 1. The van der Waals surface area contributed by atoms with E-state index in [1.807, 2.05) is 0 Å². The number of phenols is 1. The lowest BCUT2D eigenvalue weighted by atomic mass is 10.1. The Labute approximate surface area is 115 Å². The van der Waals surface area contributed by atoms with Gasteiger partial charge in [-0.15, -0.1) is 0 Å². The van der Waals surface area contributed by atoms with E-state index < -0.39 is 4.92 Å². The van der Waals surface area contributed by atoms with Gasteiger partial charge in [0.25, 0.3) is 5.69 Å². The van der Waals surface area contributed by atoms with Crippen LogP contribution in [0.4, 0.5) is 11.4 Å². The monoisotopic (exact) mass is 269 g/mol. The summed E-state index contributed by atoms with van der Waals surface area (Å²) in [6.07, 6.45) is 0. The molecule has 0 heterocycles.